The molecule has 1 unspecified atom stereocenters. The van der Waals surface area contributed by atoms with Crippen molar-refractivity contribution in [1.82, 2.24) is 5.32 Å². The molecule has 0 radical (unpaired) electrons. The van der Waals surface area contributed by atoms with Crippen molar-refractivity contribution in [1.29, 1.82) is 0 Å². The quantitative estimate of drug-likeness (QED) is 0.855. The molecular formula is C12H14F3NO2. The predicted molar refractivity (Wildman–Crippen MR) is 60.2 cm³/mol. The maximum atomic E-state index is 12.3. The molecule has 1 aromatic rings. The van der Waals surface area contributed by atoms with Crippen molar-refractivity contribution in [2.75, 3.05) is 6.54 Å². The number of carboxylic acid groups (broad SMARTS) is 1. The number of carboxylic acids is 1. The molecule has 1 rings (SSSR count). The van der Waals surface area contributed by atoms with E-state index in [-0.39, 0.29) is 12.6 Å². The third-order valence-corrected chi connectivity index (χ3v) is 2.42. The van der Waals surface area contributed by atoms with Gasteiger partial charge in [0.25, 0.3) is 0 Å². The number of carbonyl (C=O) groups is 1. The number of aliphatic carboxylic acids is 1. The maximum Gasteiger partial charge on any atom is 0.416 e. The number of alkyl halides is 3. The second-order valence-electron chi connectivity index (χ2n) is 4.07. The van der Waals surface area contributed by atoms with Crippen molar-refractivity contribution >= 4 is 5.97 Å². The van der Waals surface area contributed by atoms with Crippen molar-refractivity contribution in [3.8, 4) is 0 Å². The molecule has 0 saturated carbocycles. The van der Waals surface area contributed by atoms with E-state index >= 15 is 0 Å². The lowest BCUT2D eigenvalue weighted by molar-refractivity contribution is -0.138. The van der Waals surface area contributed by atoms with Gasteiger partial charge in [-0.2, -0.15) is 13.2 Å². The third kappa shape index (κ3) is 4.75. The van der Waals surface area contributed by atoms with Crippen LogP contribution in [0.3, 0.4) is 0 Å². The summed E-state index contributed by atoms with van der Waals surface area (Å²) in [5, 5.41) is 11.2. The zero-order valence-electron chi connectivity index (χ0n) is 9.79. The first-order valence-corrected chi connectivity index (χ1v) is 5.40. The van der Waals surface area contributed by atoms with Gasteiger partial charge in [0.05, 0.1) is 12.1 Å². The SMILES string of the molecule is CC(Cc1ccc(C(F)(F)F)cc1)NCC(=O)O. The highest BCUT2D eigenvalue weighted by Gasteiger charge is 2.29. The maximum absolute atomic E-state index is 12.3. The van der Waals surface area contributed by atoms with Gasteiger partial charge < -0.3 is 10.4 Å². The van der Waals surface area contributed by atoms with Crippen LogP contribution in [0.1, 0.15) is 18.1 Å². The highest BCUT2D eigenvalue weighted by atomic mass is 19.4. The Balaban J connectivity index is 2.56. The van der Waals surface area contributed by atoms with Crippen LogP contribution in [0.15, 0.2) is 24.3 Å². The Morgan fingerprint density at radius 1 is 1.33 bits per heavy atom. The van der Waals surface area contributed by atoms with E-state index in [4.69, 9.17) is 5.11 Å². The summed E-state index contributed by atoms with van der Waals surface area (Å²) >= 11 is 0. The molecule has 6 heteroatoms. The summed E-state index contributed by atoms with van der Waals surface area (Å²) in [5.74, 6) is -0.964. The summed E-state index contributed by atoms with van der Waals surface area (Å²) in [6.07, 6.45) is -3.85. The van der Waals surface area contributed by atoms with Gasteiger partial charge in [-0.1, -0.05) is 12.1 Å². The molecule has 1 atom stereocenters. The van der Waals surface area contributed by atoms with Crippen LogP contribution in [0.5, 0.6) is 0 Å². The van der Waals surface area contributed by atoms with Crippen LogP contribution in [0, 0.1) is 0 Å². The summed E-state index contributed by atoms with van der Waals surface area (Å²) in [4.78, 5) is 10.3. The molecule has 3 nitrogen and oxygen atoms in total. The van der Waals surface area contributed by atoms with Gasteiger partial charge >= 0.3 is 12.1 Å². The lowest BCUT2D eigenvalue weighted by Crippen LogP contribution is -2.32. The van der Waals surface area contributed by atoms with E-state index in [1.807, 2.05) is 0 Å². The number of nitrogens with one attached hydrogen (secondary N) is 1. The minimum atomic E-state index is -4.33. The van der Waals surface area contributed by atoms with E-state index in [9.17, 15) is 18.0 Å². The fourth-order valence-electron chi connectivity index (χ4n) is 1.52. The van der Waals surface area contributed by atoms with E-state index in [2.05, 4.69) is 5.32 Å². The smallest absolute Gasteiger partial charge is 0.416 e. The molecule has 0 bridgehead atoms. The topological polar surface area (TPSA) is 49.3 Å². The molecule has 0 amide bonds. The minimum absolute atomic E-state index is 0.113. The third-order valence-electron chi connectivity index (χ3n) is 2.42. The Labute approximate surface area is 103 Å². The lowest BCUT2D eigenvalue weighted by Gasteiger charge is -2.13. The number of halogens is 3. The average molecular weight is 261 g/mol. The summed E-state index contributed by atoms with van der Waals surface area (Å²) in [7, 11) is 0. The summed E-state index contributed by atoms with van der Waals surface area (Å²) in [5.41, 5.74) is 0.0470. The molecule has 0 aliphatic carbocycles. The van der Waals surface area contributed by atoms with Crippen LogP contribution in [0.4, 0.5) is 13.2 Å². The predicted octanol–water partition coefficient (Wildman–Crippen LogP) is 2.31. The molecule has 0 aromatic heterocycles. The summed E-state index contributed by atoms with van der Waals surface area (Å²) < 4.78 is 36.9. The first-order chi connectivity index (χ1) is 8.29. The minimum Gasteiger partial charge on any atom is -0.480 e. The van der Waals surface area contributed by atoms with E-state index in [1.54, 1.807) is 6.92 Å². The molecule has 0 aliphatic heterocycles. The van der Waals surface area contributed by atoms with Crippen LogP contribution in [-0.2, 0) is 17.4 Å². The first-order valence-electron chi connectivity index (χ1n) is 5.40. The monoisotopic (exact) mass is 261 g/mol. The van der Waals surface area contributed by atoms with Gasteiger partial charge in [0.15, 0.2) is 0 Å². The fraction of sp³-hybridized carbons (Fsp3) is 0.417. The molecule has 2 N–H and O–H groups in total. The van der Waals surface area contributed by atoms with Gasteiger partial charge in [0, 0.05) is 6.04 Å². The van der Waals surface area contributed by atoms with Gasteiger partial charge in [-0.05, 0) is 31.0 Å². The number of hydrogen-bond donors (Lipinski definition) is 2. The Bertz CT molecular complexity index is 401. The number of hydrogen-bond acceptors (Lipinski definition) is 2. The second kappa shape index (κ2) is 5.86. The largest absolute Gasteiger partial charge is 0.480 e. The standard InChI is InChI=1S/C12H14F3NO2/c1-8(16-7-11(17)18)6-9-2-4-10(5-3-9)12(13,14)15/h2-5,8,16H,6-7H2,1H3,(H,17,18). The van der Waals surface area contributed by atoms with E-state index in [0.717, 1.165) is 17.7 Å². The molecular weight excluding hydrogens is 247 g/mol. The highest BCUT2D eigenvalue weighted by Crippen LogP contribution is 2.29. The molecule has 0 fully saturated rings. The lowest BCUT2D eigenvalue weighted by atomic mass is 10.0. The van der Waals surface area contributed by atoms with Crippen LogP contribution < -0.4 is 5.32 Å². The first kappa shape index (κ1) is 14.5. The zero-order chi connectivity index (χ0) is 13.8. The number of rotatable bonds is 5. The van der Waals surface area contributed by atoms with E-state index in [0.29, 0.717) is 6.42 Å². The Kier molecular flexibility index (Phi) is 4.72. The average Bonchev–Trinajstić information content (AvgIpc) is 2.26. The molecule has 0 aliphatic rings. The highest BCUT2D eigenvalue weighted by molar-refractivity contribution is 5.69. The van der Waals surface area contributed by atoms with Crippen molar-refractivity contribution in [3.63, 3.8) is 0 Å². The molecule has 18 heavy (non-hydrogen) atoms. The van der Waals surface area contributed by atoms with E-state index < -0.39 is 17.7 Å². The zero-order valence-corrected chi connectivity index (χ0v) is 9.79. The van der Waals surface area contributed by atoms with Gasteiger partial charge in [-0.15, -0.1) is 0 Å². The molecule has 0 spiro atoms. The van der Waals surface area contributed by atoms with Gasteiger partial charge in [-0.3, -0.25) is 4.79 Å². The second-order valence-corrected chi connectivity index (χ2v) is 4.07. The van der Waals surface area contributed by atoms with Crippen LogP contribution in [0.25, 0.3) is 0 Å². The number of benzene rings is 1. The van der Waals surface area contributed by atoms with Crippen LogP contribution in [0.2, 0.25) is 0 Å². The summed E-state index contributed by atoms with van der Waals surface area (Å²) in [6, 6.07) is 4.75. The molecule has 0 heterocycles. The Morgan fingerprint density at radius 2 is 1.89 bits per heavy atom. The molecule has 100 valence electrons. The van der Waals surface area contributed by atoms with Crippen molar-refractivity contribution in [2.45, 2.75) is 25.6 Å². The Morgan fingerprint density at radius 3 is 2.33 bits per heavy atom. The van der Waals surface area contributed by atoms with E-state index in [1.165, 1.54) is 12.1 Å². The van der Waals surface area contributed by atoms with Crippen molar-refractivity contribution < 1.29 is 23.1 Å². The summed E-state index contributed by atoms with van der Waals surface area (Å²) in [6.45, 7) is 1.61. The Hall–Kier alpha value is -1.56. The normalized spacial score (nSPS) is 13.3. The van der Waals surface area contributed by atoms with Crippen molar-refractivity contribution in [2.24, 2.45) is 0 Å². The van der Waals surface area contributed by atoms with Gasteiger partial charge in [0.2, 0.25) is 0 Å². The van der Waals surface area contributed by atoms with Gasteiger partial charge in [0.1, 0.15) is 0 Å². The molecule has 0 saturated heterocycles. The van der Waals surface area contributed by atoms with Gasteiger partial charge in [-0.25, -0.2) is 0 Å². The fourth-order valence-corrected chi connectivity index (χ4v) is 1.52. The van der Waals surface area contributed by atoms with Crippen LogP contribution in [-0.4, -0.2) is 23.7 Å². The van der Waals surface area contributed by atoms with Crippen molar-refractivity contribution in [3.05, 3.63) is 35.4 Å². The molecule has 1 aromatic carbocycles. The van der Waals surface area contributed by atoms with Crippen LogP contribution >= 0.6 is 0 Å².